The molecule has 0 spiro atoms. The fourth-order valence-corrected chi connectivity index (χ4v) is 3.17. The predicted molar refractivity (Wildman–Crippen MR) is 111 cm³/mol. The summed E-state index contributed by atoms with van der Waals surface area (Å²) < 4.78 is 54.6. The molecule has 0 aliphatic heterocycles. The van der Waals surface area contributed by atoms with Crippen LogP contribution < -0.4 is 14.8 Å². The van der Waals surface area contributed by atoms with E-state index >= 15 is 0 Å². The van der Waals surface area contributed by atoms with Crippen LogP contribution in [0.4, 0.5) is 19.0 Å². The number of nitrogens with zero attached hydrogens (tertiary/aromatic N) is 2. The summed E-state index contributed by atoms with van der Waals surface area (Å²) in [4.78, 5) is 8.74. The SMILES string of the molecule is COc1cc2nc(C)nc(NCc3cccc(C(F)(F)C(C)(C)O)c3F)c2cc1OC. The molecule has 3 aromatic rings. The number of hydrogen-bond acceptors (Lipinski definition) is 6. The second kappa shape index (κ2) is 8.22. The van der Waals surface area contributed by atoms with Gasteiger partial charge in [-0.25, -0.2) is 14.4 Å². The van der Waals surface area contributed by atoms with Gasteiger partial charge in [0.1, 0.15) is 23.1 Å². The molecule has 0 fully saturated rings. The van der Waals surface area contributed by atoms with Gasteiger partial charge >= 0.3 is 5.92 Å². The highest BCUT2D eigenvalue weighted by atomic mass is 19.3. The highest BCUT2D eigenvalue weighted by Gasteiger charge is 2.48. The Labute approximate surface area is 178 Å². The quantitative estimate of drug-likeness (QED) is 0.566. The molecule has 2 N–H and O–H groups in total. The normalized spacial score (nSPS) is 12.2. The minimum absolute atomic E-state index is 0.00585. The third-order valence-corrected chi connectivity index (χ3v) is 4.94. The standard InChI is InChI=1S/C22H24F3N3O3/c1-12-27-16-10-18(31-5)17(30-4)9-14(16)20(28-12)26-11-13-7-6-8-15(19(13)23)22(24,25)21(2,3)29/h6-10,29H,11H2,1-5H3,(H,26,27,28). The Morgan fingerprint density at radius 2 is 1.71 bits per heavy atom. The van der Waals surface area contributed by atoms with Crippen LogP contribution in [0.15, 0.2) is 30.3 Å². The van der Waals surface area contributed by atoms with E-state index in [0.717, 1.165) is 19.9 Å². The molecular weight excluding hydrogens is 411 g/mol. The number of anilines is 1. The van der Waals surface area contributed by atoms with Crippen LogP contribution in [-0.4, -0.2) is 34.9 Å². The van der Waals surface area contributed by atoms with Crippen molar-refractivity contribution in [3.63, 3.8) is 0 Å². The summed E-state index contributed by atoms with van der Waals surface area (Å²) in [7, 11) is 3.01. The number of hydrogen-bond donors (Lipinski definition) is 2. The Kier molecular flexibility index (Phi) is 6.00. The van der Waals surface area contributed by atoms with Crippen molar-refractivity contribution in [3.05, 3.63) is 53.1 Å². The minimum Gasteiger partial charge on any atom is -0.493 e. The second-order valence-corrected chi connectivity index (χ2v) is 7.61. The summed E-state index contributed by atoms with van der Waals surface area (Å²) in [6, 6.07) is 7.07. The Hall–Kier alpha value is -3.07. The van der Waals surface area contributed by atoms with Crippen molar-refractivity contribution in [2.24, 2.45) is 0 Å². The molecule has 0 unspecified atom stereocenters. The molecule has 166 valence electrons. The van der Waals surface area contributed by atoms with Crippen LogP contribution in [0, 0.1) is 12.7 Å². The van der Waals surface area contributed by atoms with E-state index in [4.69, 9.17) is 9.47 Å². The Morgan fingerprint density at radius 1 is 1.06 bits per heavy atom. The van der Waals surface area contributed by atoms with Gasteiger partial charge in [-0.2, -0.15) is 8.78 Å². The maximum atomic E-state index is 14.9. The van der Waals surface area contributed by atoms with Crippen molar-refractivity contribution in [1.29, 1.82) is 0 Å². The fourth-order valence-electron chi connectivity index (χ4n) is 3.17. The fraction of sp³-hybridized carbons (Fsp3) is 0.364. The lowest BCUT2D eigenvalue weighted by molar-refractivity contribution is -0.170. The third-order valence-electron chi connectivity index (χ3n) is 4.94. The topological polar surface area (TPSA) is 76.5 Å². The van der Waals surface area contributed by atoms with Crippen molar-refractivity contribution in [3.8, 4) is 11.5 Å². The lowest BCUT2D eigenvalue weighted by Gasteiger charge is -2.30. The molecule has 0 radical (unpaired) electrons. The van der Waals surface area contributed by atoms with E-state index in [1.807, 2.05) is 0 Å². The van der Waals surface area contributed by atoms with E-state index in [-0.39, 0.29) is 12.1 Å². The number of methoxy groups -OCH3 is 2. The lowest BCUT2D eigenvalue weighted by Crippen LogP contribution is -2.41. The number of alkyl halides is 2. The molecule has 0 amide bonds. The molecule has 1 aromatic heterocycles. The smallest absolute Gasteiger partial charge is 0.303 e. The van der Waals surface area contributed by atoms with Crippen LogP contribution in [0.5, 0.6) is 11.5 Å². The number of halogens is 3. The lowest BCUT2D eigenvalue weighted by atomic mass is 9.92. The maximum Gasteiger partial charge on any atom is 0.303 e. The van der Waals surface area contributed by atoms with Gasteiger partial charge in [-0.05, 0) is 32.9 Å². The van der Waals surface area contributed by atoms with Crippen molar-refractivity contribution < 1.29 is 27.8 Å². The van der Waals surface area contributed by atoms with Gasteiger partial charge in [0.05, 0.1) is 25.3 Å². The summed E-state index contributed by atoms with van der Waals surface area (Å²) in [6.07, 6.45) is 0. The second-order valence-electron chi connectivity index (χ2n) is 7.61. The van der Waals surface area contributed by atoms with Gasteiger partial charge in [0, 0.05) is 23.6 Å². The Bertz CT molecular complexity index is 1110. The molecule has 31 heavy (non-hydrogen) atoms. The first-order valence-corrected chi connectivity index (χ1v) is 9.52. The van der Waals surface area contributed by atoms with E-state index in [1.54, 1.807) is 19.1 Å². The molecule has 3 rings (SSSR count). The maximum absolute atomic E-state index is 14.9. The van der Waals surface area contributed by atoms with Crippen LogP contribution in [0.3, 0.4) is 0 Å². The molecule has 1 heterocycles. The molecule has 0 atom stereocenters. The molecule has 0 saturated heterocycles. The van der Waals surface area contributed by atoms with E-state index in [1.165, 1.54) is 26.4 Å². The monoisotopic (exact) mass is 435 g/mol. The minimum atomic E-state index is -3.77. The van der Waals surface area contributed by atoms with Gasteiger partial charge in [-0.3, -0.25) is 0 Å². The van der Waals surface area contributed by atoms with Gasteiger partial charge in [-0.1, -0.05) is 12.1 Å². The number of fused-ring (bicyclic) bond motifs is 1. The molecule has 2 aromatic carbocycles. The number of aromatic nitrogens is 2. The molecule has 0 aliphatic carbocycles. The summed E-state index contributed by atoms with van der Waals surface area (Å²) in [6.45, 7) is 3.47. The summed E-state index contributed by atoms with van der Waals surface area (Å²) in [5, 5.41) is 13.4. The Morgan fingerprint density at radius 3 is 2.32 bits per heavy atom. The largest absolute Gasteiger partial charge is 0.493 e. The van der Waals surface area contributed by atoms with Crippen LogP contribution in [0.2, 0.25) is 0 Å². The summed E-state index contributed by atoms with van der Waals surface area (Å²) in [5.41, 5.74) is -2.70. The Balaban J connectivity index is 1.99. The van der Waals surface area contributed by atoms with Gasteiger partial charge in [-0.15, -0.1) is 0 Å². The van der Waals surface area contributed by atoms with E-state index < -0.39 is 22.9 Å². The predicted octanol–water partition coefficient (Wildman–Crippen LogP) is 4.57. The average Bonchev–Trinajstić information content (AvgIpc) is 2.70. The molecule has 9 heteroatoms. The zero-order chi connectivity index (χ0) is 23.0. The number of aryl methyl sites for hydroxylation is 1. The first-order valence-electron chi connectivity index (χ1n) is 9.52. The number of nitrogens with one attached hydrogen (secondary N) is 1. The summed E-state index contributed by atoms with van der Waals surface area (Å²) >= 11 is 0. The number of rotatable bonds is 7. The van der Waals surface area contributed by atoms with Crippen LogP contribution in [0.1, 0.15) is 30.8 Å². The van der Waals surface area contributed by atoms with Crippen molar-refractivity contribution in [1.82, 2.24) is 9.97 Å². The molecule has 0 bridgehead atoms. The first-order chi connectivity index (χ1) is 14.5. The van der Waals surface area contributed by atoms with E-state index in [0.29, 0.717) is 34.0 Å². The summed E-state index contributed by atoms with van der Waals surface area (Å²) in [5.74, 6) is -3.05. The van der Waals surface area contributed by atoms with Gasteiger partial charge < -0.3 is 19.9 Å². The van der Waals surface area contributed by atoms with Gasteiger partial charge in [0.2, 0.25) is 0 Å². The first kappa shape index (κ1) is 22.6. The number of aliphatic hydroxyl groups is 1. The highest BCUT2D eigenvalue weighted by Crippen LogP contribution is 2.40. The van der Waals surface area contributed by atoms with Crippen molar-refractivity contribution >= 4 is 16.7 Å². The van der Waals surface area contributed by atoms with Crippen molar-refractivity contribution in [2.75, 3.05) is 19.5 Å². The number of benzene rings is 2. The zero-order valence-corrected chi connectivity index (χ0v) is 17.9. The van der Waals surface area contributed by atoms with Crippen LogP contribution >= 0.6 is 0 Å². The molecule has 6 nitrogen and oxygen atoms in total. The van der Waals surface area contributed by atoms with Crippen molar-refractivity contribution in [2.45, 2.75) is 38.8 Å². The van der Waals surface area contributed by atoms with Gasteiger partial charge in [0.25, 0.3) is 0 Å². The average molecular weight is 435 g/mol. The van der Waals surface area contributed by atoms with Crippen LogP contribution in [-0.2, 0) is 12.5 Å². The van der Waals surface area contributed by atoms with E-state index in [9.17, 15) is 18.3 Å². The number of ether oxygens (including phenoxy) is 2. The highest BCUT2D eigenvalue weighted by molar-refractivity contribution is 5.91. The molecular formula is C22H24F3N3O3. The third kappa shape index (κ3) is 4.23. The molecule has 0 saturated carbocycles. The van der Waals surface area contributed by atoms with Gasteiger partial charge in [0.15, 0.2) is 11.5 Å². The zero-order valence-electron chi connectivity index (χ0n) is 17.9. The van der Waals surface area contributed by atoms with Crippen LogP contribution in [0.25, 0.3) is 10.9 Å². The van der Waals surface area contributed by atoms with E-state index in [2.05, 4.69) is 15.3 Å². The molecule has 0 aliphatic rings.